The third-order valence-electron chi connectivity index (χ3n) is 3.37. The number of rotatable bonds is 4. The topological polar surface area (TPSA) is 21.3 Å². The van der Waals surface area contributed by atoms with Crippen molar-refractivity contribution in [2.24, 2.45) is 0 Å². The molecular formula is C17H20BrNO. The van der Waals surface area contributed by atoms with Crippen LogP contribution in [-0.2, 0) is 6.54 Å². The Hall–Kier alpha value is -1.32. The van der Waals surface area contributed by atoms with Crippen LogP contribution < -0.4 is 10.1 Å². The van der Waals surface area contributed by atoms with E-state index in [4.69, 9.17) is 4.74 Å². The maximum absolute atomic E-state index is 6.15. The minimum atomic E-state index is 0.776. The Bertz CT molecular complexity index is 623. The summed E-state index contributed by atoms with van der Waals surface area (Å²) in [6.45, 7) is 7.08. The Morgan fingerprint density at radius 3 is 2.50 bits per heavy atom. The lowest BCUT2D eigenvalue weighted by molar-refractivity contribution is 0.469. The fraction of sp³-hybridized carbons (Fsp3) is 0.294. The standard InChI is InChI=1S/C17H20BrNO/c1-11-7-12(2)13(3)17(8-11)20-16-6-5-15(18)9-14(16)10-19-4/h5-9,19H,10H2,1-4H3. The van der Waals surface area contributed by atoms with Gasteiger partial charge >= 0.3 is 0 Å². The summed E-state index contributed by atoms with van der Waals surface area (Å²) in [6.07, 6.45) is 0. The molecule has 2 nitrogen and oxygen atoms in total. The van der Waals surface area contributed by atoms with Crippen molar-refractivity contribution in [3.05, 3.63) is 57.1 Å². The van der Waals surface area contributed by atoms with Gasteiger partial charge in [-0.3, -0.25) is 0 Å². The molecule has 106 valence electrons. The summed E-state index contributed by atoms with van der Waals surface area (Å²) in [5.41, 5.74) is 4.80. The fourth-order valence-corrected chi connectivity index (χ4v) is 2.61. The lowest BCUT2D eigenvalue weighted by atomic mass is 10.1. The summed E-state index contributed by atoms with van der Waals surface area (Å²) >= 11 is 3.51. The van der Waals surface area contributed by atoms with Crippen LogP contribution in [0.4, 0.5) is 0 Å². The average Bonchev–Trinajstić information content (AvgIpc) is 2.38. The van der Waals surface area contributed by atoms with Gasteiger partial charge in [-0.05, 0) is 68.8 Å². The summed E-state index contributed by atoms with van der Waals surface area (Å²) in [5, 5.41) is 3.17. The van der Waals surface area contributed by atoms with Crippen LogP contribution >= 0.6 is 15.9 Å². The van der Waals surface area contributed by atoms with Crippen LogP contribution in [0.5, 0.6) is 11.5 Å². The molecule has 0 spiro atoms. The van der Waals surface area contributed by atoms with Crippen LogP contribution in [0.1, 0.15) is 22.3 Å². The van der Waals surface area contributed by atoms with Crippen molar-refractivity contribution in [2.45, 2.75) is 27.3 Å². The quantitative estimate of drug-likeness (QED) is 0.860. The minimum Gasteiger partial charge on any atom is -0.457 e. The molecule has 0 aromatic heterocycles. The maximum Gasteiger partial charge on any atom is 0.132 e. The molecule has 0 saturated heterocycles. The van der Waals surface area contributed by atoms with E-state index in [0.717, 1.165) is 28.1 Å². The van der Waals surface area contributed by atoms with Gasteiger partial charge in [0.05, 0.1) is 0 Å². The zero-order chi connectivity index (χ0) is 14.7. The van der Waals surface area contributed by atoms with Crippen molar-refractivity contribution < 1.29 is 4.74 Å². The van der Waals surface area contributed by atoms with Crippen LogP contribution in [-0.4, -0.2) is 7.05 Å². The molecule has 2 rings (SSSR count). The molecule has 0 bridgehead atoms. The molecule has 0 fully saturated rings. The Labute approximate surface area is 129 Å². The van der Waals surface area contributed by atoms with Crippen LogP contribution in [0.15, 0.2) is 34.8 Å². The summed E-state index contributed by atoms with van der Waals surface area (Å²) in [5.74, 6) is 1.83. The molecule has 0 aliphatic heterocycles. The third kappa shape index (κ3) is 3.41. The Morgan fingerprint density at radius 2 is 1.80 bits per heavy atom. The fourth-order valence-electron chi connectivity index (χ4n) is 2.20. The van der Waals surface area contributed by atoms with Gasteiger partial charge in [-0.15, -0.1) is 0 Å². The molecule has 0 radical (unpaired) electrons. The first-order valence-electron chi connectivity index (χ1n) is 6.70. The van der Waals surface area contributed by atoms with Gasteiger partial charge in [-0.1, -0.05) is 22.0 Å². The Kier molecular flexibility index (Phi) is 4.84. The average molecular weight is 334 g/mol. The van der Waals surface area contributed by atoms with Gasteiger partial charge < -0.3 is 10.1 Å². The van der Waals surface area contributed by atoms with Crippen molar-refractivity contribution in [3.8, 4) is 11.5 Å². The molecule has 1 N–H and O–H groups in total. The number of halogens is 1. The van der Waals surface area contributed by atoms with E-state index in [1.807, 2.05) is 19.2 Å². The molecule has 3 heteroatoms. The van der Waals surface area contributed by atoms with Gasteiger partial charge in [-0.25, -0.2) is 0 Å². The minimum absolute atomic E-state index is 0.776. The predicted octanol–water partition coefficient (Wildman–Crippen LogP) is 4.89. The first-order valence-corrected chi connectivity index (χ1v) is 7.49. The molecule has 2 aromatic carbocycles. The first-order chi connectivity index (χ1) is 9.51. The lowest BCUT2D eigenvalue weighted by Crippen LogP contribution is -2.06. The summed E-state index contributed by atoms with van der Waals surface area (Å²) in [7, 11) is 1.94. The van der Waals surface area contributed by atoms with E-state index < -0.39 is 0 Å². The van der Waals surface area contributed by atoms with Gasteiger partial charge in [0.1, 0.15) is 11.5 Å². The molecule has 2 aromatic rings. The SMILES string of the molecule is CNCc1cc(Br)ccc1Oc1cc(C)cc(C)c1C. The van der Waals surface area contributed by atoms with E-state index in [1.54, 1.807) is 0 Å². The van der Waals surface area contributed by atoms with E-state index in [0.29, 0.717) is 0 Å². The molecule has 0 amide bonds. The second-order valence-electron chi connectivity index (χ2n) is 5.09. The summed E-state index contributed by atoms with van der Waals surface area (Å²) < 4.78 is 7.21. The molecule has 0 unspecified atom stereocenters. The van der Waals surface area contributed by atoms with E-state index in [-0.39, 0.29) is 0 Å². The largest absolute Gasteiger partial charge is 0.457 e. The van der Waals surface area contributed by atoms with Crippen LogP contribution in [0, 0.1) is 20.8 Å². The molecule has 20 heavy (non-hydrogen) atoms. The second kappa shape index (κ2) is 6.42. The number of aryl methyl sites for hydroxylation is 2. The highest BCUT2D eigenvalue weighted by molar-refractivity contribution is 9.10. The number of nitrogens with one attached hydrogen (secondary N) is 1. The summed E-state index contributed by atoms with van der Waals surface area (Å²) in [6, 6.07) is 10.4. The molecule has 0 aliphatic carbocycles. The highest BCUT2D eigenvalue weighted by atomic mass is 79.9. The second-order valence-corrected chi connectivity index (χ2v) is 6.01. The number of hydrogen-bond donors (Lipinski definition) is 1. The van der Waals surface area contributed by atoms with Crippen molar-refractivity contribution in [1.82, 2.24) is 5.32 Å². The maximum atomic E-state index is 6.15. The van der Waals surface area contributed by atoms with Crippen LogP contribution in [0.25, 0.3) is 0 Å². The van der Waals surface area contributed by atoms with Gasteiger partial charge in [0.15, 0.2) is 0 Å². The Balaban J connectivity index is 2.39. The number of ether oxygens (including phenoxy) is 1. The highest BCUT2D eigenvalue weighted by Crippen LogP contribution is 2.32. The van der Waals surface area contributed by atoms with Crippen LogP contribution in [0.3, 0.4) is 0 Å². The smallest absolute Gasteiger partial charge is 0.132 e. The van der Waals surface area contributed by atoms with E-state index in [9.17, 15) is 0 Å². The first kappa shape index (κ1) is 15.1. The van der Waals surface area contributed by atoms with E-state index in [1.165, 1.54) is 16.7 Å². The van der Waals surface area contributed by atoms with E-state index in [2.05, 4.69) is 60.2 Å². The van der Waals surface area contributed by atoms with Gasteiger partial charge in [0, 0.05) is 16.6 Å². The summed E-state index contributed by atoms with van der Waals surface area (Å²) in [4.78, 5) is 0. The van der Waals surface area contributed by atoms with Crippen molar-refractivity contribution in [1.29, 1.82) is 0 Å². The Morgan fingerprint density at radius 1 is 1.05 bits per heavy atom. The molecule has 0 atom stereocenters. The molecular weight excluding hydrogens is 314 g/mol. The van der Waals surface area contributed by atoms with Crippen LogP contribution in [0.2, 0.25) is 0 Å². The molecule has 0 heterocycles. The van der Waals surface area contributed by atoms with Gasteiger partial charge in [0.2, 0.25) is 0 Å². The highest BCUT2D eigenvalue weighted by Gasteiger charge is 2.09. The monoisotopic (exact) mass is 333 g/mol. The molecule has 0 aliphatic rings. The van der Waals surface area contributed by atoms with Crippen molar-refractivity contribution >= 4 is 15.9 Å². The molecule has 0 saturated carbocycles. The zero-order valence-corrected chi connectivity index (χ0v) is 14.0. The zero-order valence-electron chi connectivity index (χ0n) is 12.4. The number of hydrogen-bond acceptors (Lipinski definition) is 2. The predicted molar refractivity (Wildman–Crippen MR) is 87.6 cm³/mol. The lowest BCUT2D eigenvalue weighted by Gasteiger charge is -2.15. The van der Waals surface area contributed by atoms with E-state index >= 15 is 0 Å². The van der Waals surface area contributed by atoms with Gasteiger partial charge in [0.25, 0.3) is 0 Å². The third-order valence-corrected chi connectivity index (χ3v) is 3.87. The normalized spacial score (nSPS) is 10.7. The number of benzene rings is 2. The van der Waals surface area contributed by atoms with Crippen molar-refractivity contribution in [2.75, 3.05) is 7.05 Å². The van der Waals surface area contributed by atoms with Gasteiger partial charge in [-0.2, -0.15) is 0 Å². The van der Waals surface area contributed by atoms with Crippen molar-refractivity contribution in [3.63, 3.8) is 0 Å².